The minimum Gasteiger partial charge on any atom is -0.456 e. The number of para-hydroxylation sites is 1. The highest BCUT2D eigenvalue weighted by molar-refractivity contribution is 6.15. The molecule has 12 aromatic rings. The largest absolute Gasteiger partial charge is 0.456 e. The van der Waals surface area contributed by atoms with Crippen molar-refractivity contribution in [3.05, 3.63) is 199 Å². The number of aromatic nitrogens is 4. The van der Waals surface area contributed by atoms with Crippen LogP contribution in [0, 0.1) is 0 Å². The molecule has 5 nitrogen and oxygen atoms in total. The van der Waals surface area contributed by atoms with Gasteiger partial charge in [-0.2, -0.15) is 0 Å². The van der Waals surface area contributed by atoms with Crippen molar-refractivity contribution >= 4 is 71.4 Å². The highest BCUT2D eigenvalue weighted by atomic mass is 16.3. The van der Waals surface area contributed by atoms with E-state index in [1.807, 2.05) is 6.07 Å². The van der Waals surface area contributed by atoms with Crippen molar-refractivity contribution in [2.75, 3.05) is 0 Å². The second-order valence-corrected chi connectivity index (χ2v) is 16.3. The van der Waals surface area contributed by atoms with Crippen molar-refractivity contribution in [2.24, 2.45) is 0 Å². The van der Waals surface area contributed by atoms with Crippen LogP contribution in [-0.2, 0) is 6.42 Å². The number of allylic oxidation sites excluding steroid dienone is 1. The first-order valence-corrected chi connectivity index (χ1v) is 21.2. The molecule has 290 valence electrons. The van der Waals surface area contributed by atoms with Crippen molar-refractivity contribution in [2.45, 2.75) is 12.8 Å². The molecule has 0 N–H and O–H groups in total. The number of nitrogens with zero attached hydrogens (tertiary/aromatic N) is 4. The maximum atomic E-state index is 6.82. The van der Waals surface area contributed by atoms with Gasteiger partial charge in [0.2, 0.25) is 0 Å². The van der Waals surface area contributed by atoms with E-state index in [2.05, 4.69) is 193 Å². The lowest BCUT2D eigenvalue weighted by atomic mass is 9.95. The summed E-state index contributed by atoms with van der Waals surface area (Å²) in [5.41, 5.74) is 12.4. The third-order valence-corrected chi connectivity index (χ3v) is 12.6. The lowest BCUT2D eigenvalue weighted by Gasteiger charge is -2.15. The van der Waals surface area contributed by atoms with Crippen LogP contribution in [0.25, 0.3) is 122 Å². The molecule has 62 heavy (non-hydrogen) atoms. The SMILES string of the molecule is C1=Cc2cc3oc4cc(-n5c6ccccc6c6cc7ccccc7cc65)c(-c5nc(-c6ccc(-c7ccccc7)cc6)nc(-c6ccc7ccccc7c6)n5)cc4c3cc2CC1. The number of fused-ring (bicyclic) bond motifs is 9. The third-order valence-electron chi connectivity index (χ3n) is 12.6. The van der Waals surface area contributed by atoms with Gasteiger partial charge in [-0.25, -0.2) is 15.0 Å². The van der Waals surface area contributed by atoms with E-state index in [9.17, 15) is 0 Å². The molecule has 0 amide bonds. The topological polar surface area (TPSA) is 56.7 Å². The van der Waals surface area contributed by atoms with Crippen LogP contribution in [0.3, 0.4) is 0 Å². The summed E-state index contributed by atoms with van der Waals surface area (Å²) in [6.45, 7) is 0. The summed E-state index contributed by atoms with van der Waals surface area (Å²) in [7, 11) is 0. The molecule has 9 aromatic carbocycles. The van der Waals surface area contributed by atoms with Crippen LogP contribution in [-0.4, -0.2) is 19.5 Å². The molecule has 1 aliphatic carbocycles. The monoisotopic (exact) mass is 792 g/mol. The van der Waals surface area contributed by atoms with E-state index in [4.69, 9.17) is 19.4 Å². The lowest BCUT2D eigenvalue weighted by Crippen LogP contribution is -2.04. The summed E-state index contributed by atoms with van der Waals surface area (Å²) in [6.07, 6.45) is 6.50. The molecular formula is C57H36N4O. The molecule has 0 spiro atoms. The molecule has 0 radical (unpaired) electrons. The van der Waals surface area contributed by atoms with Gasteiger partial charge < -0.3 is 8.98 Å². The molecular weight excluding hydrogens is 757 g/mol. The zero-order valence-electron chi connectivity index (χ0n) is 33.6. The first kappa shape index (κ1) is 34.7. The van der Waals surface area contributed by atoms with Crippen LogP contribution in [0.4, 0.5) is 0 Å². The fourth-order valence-corrected chi connectivity index (χ4v) is 9.54. The van der Waals surface area contributed by atoms with Gasteiger partial charge in [-0.1, -0.05) is 146 Å². The standard InChI is InChI=1S/C57H36N4O/c1-2-12-35(13-3-1)37-22-25-38(26-23-37)55-58-56(44-27-24-36-14-4-5-15-39(36)28-44)60-57(59-55)49-33-48-47-30-41-17-7-9-19-43(41)32-53(47)62-54(48)34-52(49)61-50-21-11-10-20-45(50)46-29-40-16-6-8-18-42(40)31-51(46)61/h1-6,8-16,18-34H,7,17H2. The van der Waals surface area contributed by atoms with E-state index in [0.717, 1.165) is 84.7 Å². The van der Waals surface area contributed by atoms with Gasteiger partial charge >= 0.3 is 0 Å². The minimum absolute atomic E-state index is 0.587. The van der Waals surface area contributed by atoms with Gasteiger partial charge in [0.25, 0.3) is 0 Å². The Morgan fingerprint density at radius 3 is 1.89 bits per heavy atom. The van der Waals surface area contributed by atoms with Crippen LogP contribution in [0.15, 0.2) is 192 Å². The summed E-state index contributed by atoms with van der Waals surface area (Å²) in [5.74, 6) is 1.80. The second kappa shape index (κ2) is 13.7. The van der Waals surface area contributed by atoms with Gasteiger partial charge in [0.1, 0.15) is 11.2 Å². The van der Waals surface area contributed by atoms with Gasteiger partial charge in [0.15, 0.2) is 17.5 Å². The molecule has 0 bridgehead atoms. The fraction of sp³-hybridized carbons (Fsp3) is 0.0351. The maximum Gasteiger partial charge on any atom is 0.166 e. The quantitative estimate of drug-likeness (QED) is 0.174. The maximum absolute atomic E-state index is 6.82. The summed E-state index contributed by atoms with van der Waals surface area (Å²) in [5, 5.41) is 9.15. The second-order valence-electron chi connectivity index (χ2n) is 16.3. The Labute approximate surface area is 356 Å². The van der Waals surface area contributed by atoms with Crippen molar-refractivity contribution in [3.8, 4) is 51.0 Å². The van der Waals surface area contributed by atoms with Gasteiger partial charge in [-0.05, 0) is 99.1 Å². The van der Waals surface area contributed by atoms with Gasteiger partial charge in [-0.15, -0.1) is 0 Å². The molecule has 0 saturated carbocycles. The normalized spacial score (nSPS) is 12.6. The Morgan fingerprint density at radius 1 is 0.419 bits per heavy atom. The average molecular weight is 793 g/mol. The zero-order valence-corrected chi connectivity index (χ0v) is 33.6. The van der Waals surface area contributed by atoms with Crippen LogP contribution in [0.5, 0.6) is 0 Å². The number of hydrogen-bond acceptors (Lipinski definition) is 4. The molecule has 0 aliphatic heterocycles. The fourth-order valence-electron chi connectivity index (χ4n) is 9.54. The van der Waals surface area contributed by atoms with Crippen molar-refractivity contribution in [1.29, 1.82) is 0 Å². The Bertz CT molecular complexity index is 3800. The van der Waals surface area contributed by atoms with E-state index < -0.39 is 0 Å². The number of hydrogen-bond donors (Lipinski definition) is 0. The molecule has 0 atom stereocenters. The molecule has 0 saturated heterocycles. The predicted molar refractivity (Wildman–Crippen MR) is 256 cm³/mol. The van der Waals surface area contributed by atoms with Crippen molar-refractivity contribution in [1.82, 2.24) is 19.5 Å². The number of benzene rings is 9. The van der Waals surface area contributed by atoms with Crippen molar-refractivity contribution < 1.29 is 4.42 Å². The first-order valence-electron chi connectivity index (χ1n) is 21.2. The Hall–Kier alpha value is -8.15. The Kier molecular flexibility index (Phi) is 7.66. The van der Waals surface area contributed by atoms with Crippen LogP contribution in [0.2, 0.25) is 0 Å². The molecule has 0 unspecified atom stereocenters. The Balaban J connectivity index is 1.12. The molecule has 0 fully saturated rings. The summed E-state index contributed by atoms with van der Waals surface area (Å²) in [6, 6.07) is 64.7. The average Bonchev–Trinajstić information content (AvgIpc) is 3.85. The van der Waals surface area contributed by atoms with Gasteiger partial charge in [0.05, 0.1) is 16.7 Å². The van der Waals surface area contributed by atoms with Gasteiger partial charge in [-0.3, -0.25) is 0 Å². The predicted octanol–water partition coefficient (Wildman–Crippen LogP) is 14.8. The Morgan fingerprint density at radius 2 is 1.05 bits per heavy atom. The highest BCUT2D eigenvalue weighted by Gasteiger charge is 2.23. The minimum atomic E-state index is 0.587. The first-order chi connectivity index (χ1) is 30.7. The summed E-state index contributed by atoms with van der Waals surface area (Å²) in [4.78, 5) is 16.1. The van der Waals surface area contributed by atoms with E-state index >= 15 is 0 Å². The van der Waals surface area contributed by atoms with Gasteiger partial charge in [0, 0.05) is 44.3 Å². The number of rotatable bonds is 5. The summed E-state index contributed by atoms with van der Waals surface area (Å²) < 4.78 is 9.19. The third kappa shape index (κ3) is 5.59. The zero-order chi connectivity index (χ0) is 40.7. The smallest absolute Gasteiger partial charge is 0.166 e. The molecule has 3 aromatic heterocycles. The summed E-state index contributed by atoms with van der Waals surface area (Å²) >= 11 is 0. The van der Waals surface area contributed by atoms with Crippen molar-refractivity contribution in [3.63, 3.8) is 0 Å². The number of aryl methyl sites for hydroxylation is 1. The van der Waals surface area contributed by atoms with Crippen LogP contribution < -0.4 is 0 Å². The van der Waals surface area contributed by atoms with Crippen LogP contribution >= 0.6 is 0 Å². The van der Waals surface area contributed by atoms with E-state index in [-0.39, 0.29) is 0 Å². The molecule has 13 rings (SSSR count). The molecule has 5 heteroatoms. The molecule has 3 heterocycles. The number of furan rings is 1. The highest BCUT2D eigenvalue weighted by Crippen LogP contribution is 2.42. The van der Waals surface area contributed by atoms with E-state index in [1.165, 1.54) is 38.1 Å². The van der Waals surface area contributed by atoms with E-state index in [1.54, 1.807) is 0 Å². The van der Waals surface area contributed by atoms with E-state index in [0.29, 0.717) is 17.5 Å². The molecule has 1 aliphatic rings. The van der Waals surface area contributed by atoms with Crippen LogP contribution in [0.1, 0.15) is 17.5 Å². The lowest BCUT2D eigenvalue weighted by molar-refractivity contribution is 0.668.